The third-order valence-electron chi connectivity index (χ3n) is 3.09. The van der Waals surface area contributed by atoms with Crippen molar-refractivity contribution in [2.45, 2.75) is 25.7 Å². The van der Waals surface area contributed by atoms with E-state index in [2.05, 4.69) is 15.3 Å². The summed E-state index contributed by atoms with van der Waals surface area (Å²) >= 11 is 1.43. The summed E-state index contributed by atoms with van der Waals surface area (Å²) < 4.78 is 0. The van der Waals surface area contributed by atoms with Crippen LogP contribution in [0.25, 0.3) is 0 Å². The van der Waals surface area contributed by atoms with E-state index >= 15 is 0 Å². The molecule has 2 N–H and O–H groups in total. The zero-order chi connectivity index (χ0) is 14.6. The molecule has 0 bridgehead atoms. The first-order valence-electron chi connectivity index (χ1n) is 6.32. The molecule has 0 saturated heterocycles. The van der Waals surface area contributed by atoms with E-state index in [1.54, 1.807) is 25.4 Å². The smallest absolute Gasteiger partial charge is 0.315 e. The Morgan fingerprint density at radius 1 is 1.50 bits per heavy atom. The minimum Gasteiger partial charge on any atom is -0.481 e. The van der Waals surface area contributed by atoms with Crippen molar-refractivity contribution < 1.29 is 9.90 Å². The van der Waals surface area contributed by atoms with E-state index in [-0.39, 0.29) is 0 Å². The number of hydrogen-bond donors (Lipinski definition) is 2. The molecular weight excluding hydrogens is 274 g/mol. The number of hydrogen-bond acceptors (Lipinski definition) is 5. The molecule has 2 heterocycles. The molecule has 20 heavy (non-hydrogen) atoms. The number of carbonyl (C=O) groups is 1. The topological polar surface area (TPSA) is 75.1 Å². The molecular formula is C14H17N3O2S. The number of aliphatic carboxylic acids is 1. The van der Waals surface area contributed by atoms with Crippen molar-refractivity contribution in [1.29, 1.82) is 0 Å². The number of nitrogens with zero attached hydrogens (tertiary/aromatic N) is 2. The number of rotatable bonds is 6. The van der Waals surface area contributed by atoms with Gasteiger partial charge in [0.1, 0.15) is 5.41 Å². The van der Waals surface area contributed by atoms with Crippen molar-refractivity contribution in [2.24, 2.45) is 0 Å². The van der Waals surface area contributed by atoms with Gasteiger partial charge in [0, 0.05) is 24.3 Å². The fraction of sp³-hybridized carbons (Fsp3) is 0.357. The minimum absolute atomic E-state index is 0.582. The lowest BCUT2D eigenvalue weighted by Crippen LogP contribution is -2.28. The van der Waals surface area contributed by atoms with Gasteiger partial charge in [-0.2, -0.15) is 0 Å². The summed E-state index contributed by atoms with van der Waals surface area (Å²) in [6, 6.07) is 3.93. The molecule has 106 valence electrons. The van der Waals surface area contributed by atoms with E-state index in [4.69, 9.17) is 5.11 Å². The van der Waals surface area contributed by atoms with Crippen LogP contribution in [0.4, 0.5) is 5.13 Å². The molecule has 0 saturated carbocycles. The van der Waals surface area contributed by atoms with Gasteiger partial charge in [-0.15, -0.1) is 11.3 Å². The van der Waals surface area contributed by atoms with Gasteiger partial charge in [0.2, 0.25) is 0 Å². The van der Waals surface area contributed by atoms with Crippen molar-refractivity contribution >= 4 is 22.4 Å². The summed E-state index contributed by atoms with van der Waals surface area (Å²) in [4.78, 5) is 19.6. The van der Waals surface area contributed by atoms with Crippen LogP contribution >= 0.6 is 11.3 Å². The van der Waals surface area contributed by atoms with E-state index in [1.165, 1.54) is 11.3 Å². The van der Waals surface area contributed by atoms with Crippen LogP contribution in [0.15, 0.2) is 29.9 Å². The van der Waals surface area contributed by atoms with E-state index in [1.807, 2.05) is 18.3 Å². The first-order valence-corrected chi connectivity index (χ1v) is 7.20. The molecule has 0 amide bonds. The largest absolute Gasteiger partial charge is 0.481 e. The Bertz CT molecular complexity index is 581. The van der Waals surface area contributed by atoms with E-state index < -0.39 is 11.4 Å². The Morgan fingerprint density at radius 2 is 2.30 bits per heavy atom. The van der Waals surface area contributed by atoms with Crippen LogP contribution in [-0.4, -0.2) is 27.6 Å². The standard InChI is InChI=1S/C14H17N3O2S/c1-14(2,12(18)19)11-9-20-13(17-11)16-7-5-10-4-3-6-15-8-10/h3-4,6,8-9H,5,7H2,1-2H3,(H,16,17)(H,18,19). The number of thiazole rings is 1. The molecule has 2 aromatic rings. The minimum atomic E-state index is -0.959. The molecule has 0 radical (unpaired) electrons. The summed E-state index contributed by atoms with van der Waals surface area (Å²) in [7, 11) is 0. The molecule has 5 nitrogen and oxygen atoms in total. The number of anilines is 1. The lowest BCUT2D eigenvalue weighted by Gasteiger charge is -2.15. The van der Waals surface area contributed by atoms with Crippen LogP contribution < -0.4 is 5.32 Å². The van der Waals surface area contributed by atoms with Crippen molar-refractivity contribution in [1.82, 2.24) is 9.97 Å². The van der Waals surface area contributed by atoms with Crippen LogP contribution in [0.3, 0.4) is 0 Å². The van der Waals surface area contributed by atoms with Gasteiger partial charge < -0.3 is 10.4 Å². The highest BCUT2D eigenvalue weighted by atomic mass is 32.1. The Morgan fingerprint density at radius 3 is 2.95 bits per heavy atom. The molecule has 2 aromatic heterocycles. The molecule has 2 rings (SSSR count). The van der Waals surface area contributed by atoms with Gasteiger partial charge in [-0.05, 0) is 31.9 Å². The molecule has 6 heteroatoms. The quantitative estimate of drug-likeness (QED) is 0.855. The molecule has 0 aliphatic heterocycles. The second kappa shape index (κ2) is 6.00. The Kier molecular flexibility index (Phi) is 4.34. The highest BCUT2D eigenvalue weighted by molar-refractivity contribution is 7.13. The fourth-order valence-corrected chi connectivity index (χ4v) is 2.52. The van der Waals surface area contributed by atoms with Gasteiger partial charge in [-0.3, -0.25) is 9.78 Å². The lowest BCUT2D eigenvalue weighted by molar-refractivity contribution is -0.142. The summed E-state index contributed by atoms with van der Waals surface area (Å²) in [5.41, 5.74) is 0.779. The van der Waals surface area contributed by atoms with Crippen LogP contribution in [0.1, 0.15) is 25.1 Å². The first kappa shape index (κ1) is 14.5. The van der Waals surface area contributed by atoms with Crippen LogP contribution in [-0.2, 0) is 16.6 Å². The molecule has 0 aliphatic rings. The second-order valence-corrected chi connectivity index (χ2v) is 5.86. The lowest BCUT2D eigenvalue weighted by atomic mass is 9.90. The highest BCUT2D eigenvalue weighted by Gasteiger charge is 2.32. The van der Waals surface area contributed by atoms with Gasteiger partial charge >= 0.3 is 5.97 Å². The van der Waals surface area contributed by atoms with Gasteiger partial charge in [0.05, 0.1) is 5.69 Å². The molecule has 0 aliphatic carbocycles. The number of carboxylic acids is 1. The van der Waals surface area contributed by atoms with Crippen LogP contribution in [0.5, 0.6) is 0 Å². The summed E-state index contributed by atoms with van der Waals surface area (Å²) in [5, 5.41) is 14.9. The van der Waals surface area contributed by atoms with Crippen molar-refractivity contribution in [3.8, 4) is 0 Å². The zero-order valence-electron chi connectivity index (χ0n) is 11.5. The second-order valence-electron chi connectivity index (χ2n) is 5.01. The van der Waals surface area contributed by atoms with Crippen LogP contribution in [0, 0.1) is 0 Å². The normalized spacial score (nSPS) is 11.3. The van der Waals surface area contributed by atoms with Gasteiger partial charge in [-0.25, -0.2) is 4.98 Å². The van der Waals surface area contributed by atoms with Gasteiger partial charge in [0.25, 0.3) is 0 Å². The van der Waals surface area contributed by atoms with E-state index in [0.29, 0.717) is 5.69 Å². The average molecular weight is 291 g/mol. The average Bonchev–Trinajstić information content (AvgIpc) is 2.89. The first-order chi connectivity index (χ1) is 9.50. The van der Waals surface area contributed by atoms with Crippen molar-refractivity contribution in [3.05, 3.63) is 41.2 Å². The van der Waals surface area contributed by atoms with E-state index in [9.17, 15) is 4.79 Å². The SMILES string of the molecule is CC(C)(C(=O)O)c1csc(NCCc2cccnc2)n1. The molecule has 0 spiro atoms. The number of pyridine rings is 1. The monoisotopic (exact) mass is 291 g/mol. The fourth-order valence-electron chi connectivity index (χ4n) is 1.61. The third kappa shape index (κ3) is 3.33. The number of carboxylic acid groups (broad SMARTS) is 1. The van der Waals surface area contributed by atoms with Crippen molar-refractivity contribution in [2.75, 3.05) is 11.9 Å². The Hall–Kier alpha value is -1.95. The van der Waals surface area contributed by atoms with E-state index in [0.717, 1.165) is 23.7 Å². The maximum absolute atomic E-state index is 11.2. The summed E-state index contributed by atoms with van der Waals surface area (Å²) in [6.07, 6.45) is 4.44. The molecule has 0 atom stereocenters. The Balaban J connectivity index is 1.92. The molecule has 0 fully saturated rings. The maximum Gasteiger partial charge on any atom is 0.315 e. The predicted molar refractivity (Wildman–Crippen MR) is 79.2 cm³/mol. The Labute approximate surface area is 121 Å². The van der Waals surface area contributed by atoms with Gasteiger partial charge in [-0.1, -0.05) is 6.07 Å². The zero-order valence-corrected chi connectivity index (χ0v) is 12.3. The summed E-state index contributed by atoms with van der Waals surface area (Å²) in [6.45, 7) is 4.06. The molecule has 0 aromatic carbocycles. The predicted octanol–water partition coefficient (Wildman–Crippen LogP) is 2.55. The van der Waals surface area contributed by atoms with Crippen LogP contribution in [0.2, 0.25) is 0 Å². The summed E-state index contributed by atoms with van der Waals surface area (Å²) in [5.74, 6) is -0.871. The highest BCUT2D eigenvalue weighted by Crippen LogP contribution is 2.27. The number of nitrogens with one attached hydrogen (secondary N) is 1. The number of aromatic nitrogens is 2. The van der Waals surface area contributed by atoms with Crippen molar-refractivity contribution in [3.63, 3.8) is 0 Å². The third-order valence-corrected chi connectivity index (χ3v) is 3.89. The maximum atomic E-state index is 11.2. The van der Waals surface area contributed by atoms with Gasteiger partial charge in [0.15, 0.2) is 5.13 Å². The molecule has 0 unspecified atom stereocenters.